The average molecular weight is 377 g/mol. The van der Waals surface area contributed by atoms with Gasteiger partial charge in [0.25, 0.3) is 0 Å². The number of carbonyl (C=O) groups excluding carboxylic acids is 2. The van der Waals surface area contributed by atoms with E-state index >= 15 is 0 Å². The second kappa shape index (κ2) is 8.81. The van der Waals surface area contributed by atoms with Crippen LogP contribution in [0.25, 0.3) is 0 Å². The first-order valence-corrected chi connectivity index (χ1v) is 8.68. The lowest BCUT2D eigenvalue weighted by atomic mass is 9.84. The molecule has 0 heterocycles. The van der Waals surface area contributed by atoms with E-state index in [4.69, 9.17) is 11.6 Å². The number of hydrogen-bond donors (Lipinski definition) is 2. The summed E-state index contributed by atoms with van der Waals surface area (Å²) in [5.41, 5.74) is 1.34. The first kappa shape index (κ1) is 19.9. The molecule has 0 aliphatic rings. The highest BCUT2D eigenvalue weighted by atomic mass is 35.5. The van der Waals surface area contributed by atoms with Crippen LogP contribution in [0.2, 0.25) is 5.02 Å². The van der Waals surface area contributed by atoms with Gasteiger partial charge in [0.15, 0.2) is 0 Å². The molecule has 0 saturated carbocycles. The van der Waals surface area contributed by atoms with Crippen molar-refractivity contribution < 1.29 is 14.0 Å². The Bertz CT molecular complexity index is 776. The summed E-state index contributed by atoms with van der Waals surface area (Å²) >= 11 is 5.90. The van der Waals surface area contributed by atoms with Crippen LogP contribution < -0.4 is 10.6 Å². The standard InChI is InChI=1S/C20H22ClFN2O2/c1-20(2,15-6-8-16(21)9-7-15)13-24-19(26)12-23-18(25)11-14-4-3-5-17(22)10-14/h3-10H,11-13H2,1-2H3,(H,23,25)(H,24,26). The summed E-state index contributed by atoms with van der Waals surface area (Å²) in [5, 5.41) is 6.02. The normalized spacial score (nSPS) is 11.1. The van der Waals surface area contributed by atoms with Gasteiger partial charge in [0.05, 0.1) is 13.0 Å². The molecule has 4 nitrogen and oxygen atoms in total. The number of rotatable bonds is 7. The van der Waals surface area contributed by atoms with E-state index in [9.17, 15) is 14.0 Å². The molecule has 138 valence electrons. The highest BCUT2D eigenvalue weighted by molar-refractivity contribution is 6.30. The number of halogens is 2. The maximum Gasteiger partial charge on any atom is 0.239 e. The highest BCUT2D eigenvalue weighted by Gasteiger charge is 2.21. The van der Waals surface area contributed by atoms with E-state index in [1.807, 2.05) is 38.1 Å². The molecule has 2 rings (SSSR count). The molecule has 0 radical (unpaired) electrons. The van der Waals surface area contributed by atoms with E-state index < -0.39 is 5.82 Å². The van der Waals surface area contributed by atoms with Crippen molar-refractivity contribution in [3.8, 4) is 0 Å². The van der Waals surface area contributed by atoms with E-state index in [1.165, 1.54) is 12.1 Å². The molecule has 0 fully saturated rings. The molecule has 0 unspecified atom stereocenters. The monoisotopic (exact) mass is 376 g/mol. The third kappa shape index (κ3) is 6.15. The third-order valence-corrected chi connectivity index (χ3v) is 4.30. The fourth-order valence-corrected chi connectivity index (χ4v) is 2.58. The minimum absolute atomic E-state index is 0.0291. The van der Waals surface area contributed by atoms with Crippen molar-refractivity contribution in [1.29, 1.82) is 0 Å². The van der Waals surface area contributed by atoms with E-state index in [1.54, 1.807) is 12.1 Å². The van der Waals surface area contributed by atoms with Crippen molar-refractivity contribution in [2.75, 3.05) is 13.1 Å². The SMILES string of the molecule is CC(C)(CNC(=O)CNC(=O)Cc1cccc(F)c1)c1ccc(Cl)cc1. The third-order valence-electron chi connectivity index (χ3n) is 4.05. The number of hydrogen-bond acceptors (Lipinski definition) is 2. The minimum atomic E-state index is -0.391. The molecule has 6 heteroatoms. The summed E-state index contributed by atoms with van der Waals surface area (Å²) < 4.78 is 13.1. The van der Waals surface area contributed by atoms with Gasteiger partial charge in [-0.1, -0.05) is 49.7 Å². The van der Waals surface area contributed by atoms with Gasteiger partial charge < -0.3 is 10.6 Å². The minimum Gasteiger partial charge on any atom is -0.354 e. The van der Waals surface area contributed by atoms with Crippen LogP contribution in [0, 0.1) is 5.82 Å². The Hall–Kier alpha value is -2.40. The summed E-state index contributed by atoms with van der Waals surface area (Å²) in [6.07, 6.45) is 0.0291. The van der Waals surface area contributed by atoms with Crippen molar-refractivity contribution in [2.24, 2.45) is 0 Å². The molecule has 0 aliphatic heterocycles. The van der Waals surface area contributed by atoms with Gasteiger partial charge in [0.1, 0.15) is 5.82 Å². The summed E-state index contributed by atoms with van der Waals surface area (Å²) in [4.78, 5) is 23.8. The Labute approximate surface area is 157 Å². The second-order valence-electron chi connectivity index (χ2n) is 6.75. The Kier molecular flexibility index (Phi) is 6.75. The summed E-state index contributed by atoms with van der Waals surface area (Å²) in [6, 6.07) is 13.3. The van der Waals surface area contributed by atoms with Gasteiger partial charge in [-0.3, -0.25) is 9.59 Å². The first-order valence-electron chi connectivity index (χ1n) is 8.30. The fourth-order valence-electron chi connectivity index (χ4n) is 2.46. The van der Waals surface area contributed by atoms with Gasteiger partial charge >= 0.3 is 0 Å². The van der Waals surface area contributed by atoms with Gasteiger partial charge in [0.2, 0.25) is 11.8 Å². The topological polar surface area (TPSA) is 58.2 Å². The number of benzene rings is 2. The molecule has 0 aromatic heterocycles. The van der Waals surface area contributed by atoms with Gasteiger partial charge in [-0.05, 0) is 35.4 Å². The van der Waals surface area contributed by atoms with Crippen LogP contribution in [0.4, 0.5) is 4.39 Å². The quantitative estimate of drug-likeness (QED) is 0.779. The van der Waals surface area contributed by atoms with Crippen LogP contribution in [-0.2, 0) is 21.4 Å². The lowest BCUT2D eigenvalue weighted by molar-refractivity contribution is -0.125. The van der Waals surface area contributed by atoms with Gasteiger partial charge in [-0.25, -0.2) is 4.39 Å². The smallest absolute Gasteiger partial charge is 0.239 e. The van der Waals surface area contributed by atoms with E-state index in [0.29, 0.717) is 17.1 Å². The van der Waals surface area contributed by atoms with Gasteiger partial charge in [-0.2, -0.15) is 0 Å². The van der Waals surface area contributed by atoms with Crippen molar-refractivity contribution in [3.63, 3.8) is 0 Å². The summed E-state index contributed by atoms with van der Waals surface area (Å²) in [7, 11) is 0. The van der Waals surface area contributed by atoms with Crippen LogP contribution in [0.15, 0.2) is 48.5 Å². The molecule has 2 N–H and O–H groups in total. The number of nitrogens with one attached hydrogen (secondary N) is 2. The molecule has 0 aliphatic carbocycles. The highest BCUT2D eigenvalue weighted by Crippen LogP contribution is 2.23. The Morgan fingerprint density at radius 2 is 1.73 bits per heavy atom. The van der Waals surface area contributed by atoms with Crippen LogP contribution in [0.3, 0.4) is 0 Å². The van der Waals surface area contributed by atoms with Gasteiger partial charge in [0, 0.05) is 17.0 Å². The molecule has 2 amide bonds. The zero-order valence-corrected chi connectivity index (χ0v) is 15.6. The van der Waals surface area contributed by atoms with Gasteiger partial charge in [-0.15, -0.1) is 0 Å². The molecule has 0 spiro atoms. The van der Waals surface area contributed by atoms with E-state index in [0.717, 1.165) is 5.56 Å². The molecule has 0 bridgehead atoms. The zero-order valence-electron chi connectivity index (χ0n) is 14.8. The van der Waals surface area contributed by atoms with Crippen LogP contribution in [0.1, 0.15) is 25.0 Å². The molecular formula is C20H22ClFN2O2. The van der Waals surface area contributed by atoms with E-state index in [-0.39, 0.29) is 30.2 Å². The maximum absolute atomic E-state index is 13.1. The Balaban J connectivity index is 1.77. The van der Waals surface area contributed by atoms with Crippen LogP contribution >= 0.6 is 11.6 Å². The number of amides is 2. The van der Waals surface area contributed by atoms with Crippen molar-refractivity contribution in [2.45, 2.75) is 25.7 Å². The molecule has 2 aromatic carbocycles. The lowest BCUT2D eigenvalue weighted by Gasteiger charge is -2.25. The number of carbonyl (C=O) groups is 2. The summed E-state index contributed by atoms with van der Waals surface area (Å²) in [6.45, 7) is 4.33. The predicted octanol–water partition coefficient (Wildman–Crippen LogP) is 3.23. The molecule has 0 saturated heterocycles. The fraction of sp³-hybridized carbons (Fsp3) is 0.300. The summed E-state index contributed by atoms with van der Waals surface area (Å²) in [5.74, 6) is -1.00. The predicted molar refractivity (Wildman–Crippen MR) is 101 cm³/mol. The maximum atomic E-state index is 13.1. The molecule has 0 atom stereocenters. The van der Waals surface area contributed by atoms with Crippen LogP contribution in [0.5, 0.6) is 0 Å². The molecule has 2 aromatic rings. The molecular weight excluding hydrogens is 355 g/mol. The van der Waals surface area contributed by atoms with Crippen molar-refractivity contribution >= 4 is 23.4 Å². The Morgan fingerprint density at radius 1 is 1.04 bits per heavy atom. The van der Waals surface area contributed by atoms with E-state index in [2.05, 4.69) is 10.6 Å². The largest absolute Gasteiger partial charge is 0.354 e. The zero-order chi connectivity index (χ0) is 19.2. The second-order valence-corrected chi connectivity index (χ2v) is 7.19. The van der Waals surface area contributed by atoms with Crippen molar-refractivity contribution in [1.82, 2.24) is 10.6 Å². The Morgan fingerprint density at radius 3 is 2.38 bits per heavy atom. The van der Waals surface area contributed by atoms with Crippen molar-refractivity contribution in [3.05, 3.63) is 70.5 Å². The molecule has 26 heavy (non-hydrogen) atoms. The first-order chi connectivity index (χ1) is 12.3. The lowest BCUT2D eigenvalue weighted by Crippen LogP contribution is -2.42. The van der Waals surface area contributed by atoms with Crippen LogP contribution in [-0.4, -0.2) is 24.9 Å². The average Bonchev–Trinajstić information content (AvgIpc) is 2.59.